The zero-order chi connectivity index (χ0) is 11.4. The van der Waals surface area contributed by atoms with Crippen LogP contribution in [0, 0.1) is 0 Å². The highest BCUT2D eigenvalue weighted by Crippen LogP contribution is 2.27. The Morgan fingerprint density at radius 1 is 1.06 bits per heavy atom. The molecular formula is C13H19NO2. The third kappa shape index (κ3) is 3.04. The maximum atomic E-state index is 9.00. The molecule has 0 aliphatic heterocycles. The van der Waals surface area contributed by atoms with Crippen LogP contribution in [0.1, 0.15) is 24.0 Å². The molecule has 16 heavy (non-hydrogen) atoms. The van der Waals surface area contributed by atoms with Gasteiger partial charge in [-0.3, -0.25) is 4.90 Å². The van der Waals surface area contributed by atoms with Gasteiger partial charge in [-0.05, 0) is 24.0 Å². The number of aliphatic hydroxyl groups excluding tert-OH is 2. The van der Waals surface area contributed by atoms with E-state index in [1.165, 1.54) is 18.4 Å². The molecule has 1 fully saturated rings. The molecule has 1 aromatic carbocycles. The monoisotopic (exact) mass is 221 g/mol. The molecule has 0 radical (unpaired) electrons. The third-order valence-electron chi connectivity index (χ3n) is 3.04. The topological polar surface area (TPSA) is 43.7 Å². The summed E-state index contributed by atoms with van der Waals surface area (Å²) >= 11 is 0. The molecule has 3 heteroatoms. The average molecular weight is 221 g/mol. The van der Waals surface area contributed by atoms with Crippen LogP contribution in [0.15, 0.2) is 24.3 Å². The van der Waals surface area contributed by atoms with Crippen molar-refractivity contribution < 1.29 is 10.2 Å². The molecule has 3 nitrogen and oxygen atoms in total. The van der Waals surface area contributed by atoms with Crippen molar-refractivity contribution in [3.05, 3.63) is 35.4 Å². The standard InChI is InChI=1S/C13H19NO2/c15-8-7-14(13-5-6-13)9-11-1-3-12(10-16)4-2-11/h1-4,13,15-16H,5-10H2. The predicted molar refractivity (Wildman–Crippen MR) is 62.9 cm³/mol. The molecule has 0 atom stereocenters. The van der Waals surface area contributed by atoms with E-state index in [0.29, 0.717) is 6.04 Å². The largest absolute Gasteiger partial charge is 0.395 e. The van der Waals surface area contributed by atoms with Crippen molar-refractivity contribution in [2.45, 2.75) is 32.0 Å². The van der Waals surface area contributed by atoms with E-state index in [1.54, 1.807) is 0 Å². The Balaban J connectivity index is 1.94. The second kappa shape index (κ2) is 5.43. The van der Waals surface area contributed by atoms with Crippen LogP contribution >= 0.6 is 0 Å². The number of benzene rings is 1. The minimum absolute atomic E-state index is 0.100. The first kappa shape index (κ1) is 11.6. The summed E-state index contributed by atoms with van der Waals surface area (Å²) in [5.41, 5.74) is 2.20. The fourth-order valence-corrected chi connectivity index (χ4v) is 1.94. The summed E-state index contributed by atoms with van der Waals surface area (Å²) in [6.07, 6.45) is 2.52. The molecular weight excluding hydrogens is 202 g/mol. The highest BCUT2D eigenvalue weighted by molar-refractivity contribution is 5.22. The van der Waals surface area contributed by atoms with Gasteiger partial charge >= 0.3 is 0 Å². The Bertz CT molecular complexity index is 319. The number of rotatable bonds is 6. The van der Waals surface area contributed by atoms with Crippen LogP contribution in [-0.4, -0.2) is 34.3 Å². The average Bonchev–Trinajstić information content (AvgIpc) is 3.13. The van der Waals surface area contributed by atoms with Gasteiger partial charge in [0.15, 0.2) is 0 Å². The van der Waals surface area contributed by atoms with Crippen LogP contribution < -0.4 is 0 Å². The lowest BCUT2D eigenvalue weighted by atomic mass is 10.1. The number of hydrogen-bond donors (Lipinski definition) is 2. The van der Waals surface area contributed by atoms with Crippen molar-refractivity contribution in [2.24, 2.45) is 0 Å². The molecule has 2 N–H and O–H groups in total. The fraction of sp³-hybridized carbons (Fsp3) is 0.538. The Labute approximate surface area is 96.3 Å². The quantitative estimate of drug-likeness (QED) is 0.757. The Hall–Kier alpha value is -0.900. The summed E-state index contributed by atoms with van der Waals surface area (Å²) in [6, 6.07) is 8.69. The molecule has 1 aliphatic rings. The first-order chi connectivity index (χ1) is 7.83. The first-order valence-corrected chi connectivity index (χ1v) is 5.87. The molecule has 0 aromatic heterocycles. The van der Waals surface area contributed by atoms with Gasteiger partial charge in [0.05, 0.1) is 13.2 Å². The van der Waals surface area contributed by atoms with Crippen molar-refractivity contribution in [2.75, 3.05) is 13.2 Å². The van der Waals surface area contributed by atoms with E-state index < -0.39 is 0 Å². The van der Waals surface area contributed by atoms with Gasteiger partial charge in [0.1, 0.15) is 0 Å². The third-order valence-corrected chi connectivity index (χ3v) is 3.04. The molecule has 2 rings (SSSR count). The maximum absolute atomic E-state index is 9.00. The molecule has 0 saturated heterocycles. The van der Waals surface area contributed by atoms with Gasteiger partial charge < -0.3 is 10.2 Å². The molecule has 1 aliphatic carbocycles. The lowest BCUT2D eigenvalue weighted by Gasteiger charge is -2.20. The van der Waals surface area contributed by atoms with Gasteiger partial charge in [0, 0.05) is 19.1 Å². The van der Waals surface area contributed by atoms with E-state index in [-0.39, 0.29) is 13.2 Å². The van der Waals surface area contributed by atoms with Crippen LogP contribution in [0.4, 0.5) is 0 Å². The van der Waals surface area contributed by atoms with Crippen molar-refractivity contribution in [1.29, 1.82) is 0 Å². The Kier molecular flexibility index (Phi) is 3.93. The molecule has 0 unspecified atom stereocenters. The van der Waals surface area contributed by atoms with Gasteiger partial charge in [0.25, 0.3) is 0 Å². The first-order valence-electron chi connectivity index (χ1n) is 5.87. The zero-order valence-electron chi connectivity index (χ0n) is 9.47. The maximum Gasteiger partial charge on any atom is 0.0681 e. The second-order valence-corrected chi connectivity index (χ2v) is 4.40. The van der Waals surface area contributed by atoms with Crippen molar-refractivity contribution in [1.82, 2.24) is 4.90 Å². The van der Waals surface area contributed by atoms with E-state index in [0.717, 1.165) is 18.7 Å². The van der Waals surface area contributed by atoms with Gasteiger partial charge in [-0.2, -0.15) is 0 Å². The molecule has 1 saturated carbocycles. The minimum Gasteiger partial charge on any atom is -0.395 e. The predicted octanol–water partition coefficient (Wildman–Crippen LogP) is 1.14. The highest BCUT2D eigenvalue weighted by atomic mass is 16.3. The second-order valence-electron chi connectivity index (χ2n) is 4.40. The Morgan fingerprint density at radius 2 is 1.69 bits per heavy atom. The van der Waals surface area contributed by atoms with Gasteiger partial charge in [-0.25, -0.2) is 0 Å². The van der Waals surface area contributed by atoms with Crippen molar-refractivity contribution in [3.63, 3.8) is 0 Å². The molecule has 0 bridgehead atoms. The minimum atomic E-state index is 0.100. The summed E-state index contributed by atoms with van der Waals surface area (Å²) in [5.74, 6) is 0. The number of hydrogen-bond acceptors (Lipinski definition) is 3. The van der Waals surface area contributed by atoms with E-state index in [2.05, 4.69) is 17.0 Å². The lowest BCUT2D eigenvalue weighted by Crippen LogP contribution is -2.28. The molecule has 0 heterocycles. The summed E-state index contributed by atoms with van der Waals surface area (Å²) in [7, 11) is 0. The van der Waals surface area contributed by atoms with E-state index in [4.69, 9.17) is 10.2 Å². The summed E-state index contributed by atoms with van der Waals surface area (Å²) in [6.45, 7) is 1.98. The van der Waals surface area contributed by atoms with Gasteiger partial charge in [-0.15, -0.1) is 0 Å². The molecule has 0 spiro atoms. The fourth-order valence-electron chi connectivity index (χ4n) is 1.94. The van der Waals surface area contributed by atoms with E-state index in [9.17, 15) is 0 Å². The summed E-state index contributed by atoms with van der Waals surface area (Å²) in [4.78, 5) is 2.33. The van der Waals surface area contributed by atoms with Crippen LogP contribution in [0.2, 0.25) is 0 Å². The normalized spacial score (nSPS) is 15.7. The van der Waals surface area contributed by atoms with E-state index >= 15 is 0 Å². The molecule has 0 amide bonds. The van der Waals surface area contributed by atoms with E-state index in [1.807, 2.05) is 12.1 Å². The van der Waals surface area contributed by atoms with Gasteiger partial charge in [0.2, 0.25) is 0 Å². The van der Waals surface area contributed by atoms with Crippen LogP contribution in [0.5, 0.6) is 0 Å². The van der Waals surface area contributed by atoms with Crippen molar-refractivity contribution in [3.8, 4) is 0 Å². The SMILES string of the molecule is OCCN(Cc1ccc(CO)cc1)C1CC1. The summed E-state index contributed by atoms with van der Waals surface area (Å²) in [5, 5.41) is 17.9. The smallest absolute Gasteiger partial charge is 0.0681 e. The van der Waals surface area contributed by atoms with Crippen molar-refractivity contribution >= 4 is 0 Å². The van der Waals surface area contributed by atoms with Crippen LogP contribution in [0.3, 0.4) is 0 Å². The number of aliphatic hydroxyl groups is 2. The highest BCUT2D eigenvalue weighted by Gasteiger charge is 2.28. The number of nitrogens with zero attached hydrogens (tertiary/aromatic N) is 1. The molecule has 88 valence electrons. The van der Waals surface area contributed by atoms with Gasteiger partial charge in [-0.1, -0.05) is 24.3 Å². The Morgan fingerprint density at radius 3 is 2.19 bits per heavy atom. The lowest BCUT2D eigenvalue weighted by molar-refractivity contribution is 0.183. The van der Waals surface area contributed by atoms with Crippen LogP contribution in [-0.2, 0) is 13.2 Å². The zero-order valence-corrected chi connectivity index (χ0v) is 9.47. The summed E-state index contributed by atoms with van der Waals surface area (Å²) < 4.78 is 0. The van der Waals surface area contributed by atoms with Crippen LogP contribution in [0.25, 0.3) is 0 Å². The molecule has 1 aromatic rings.